The minimum absolute atomic E-state index is 0.00136. The minimum atomic E-state index is -4.63. The number of halogens is 5. The molecule has 0 radical (unpaired) electrons. The average Bonchev–Trinajstić information content (AvgIpc) is 2.61. The van der Waals surface area contributed by atoms with Gasteiger partial charge in [0.1, 0.15) is 11.6 Å². The first-order valence-corrected chi connectivity index (χ1v) is 8.28. The predicted molar refractivity (Wildman–Crippen MR) is 95.0 cm³/mol. The smallest absolute Gasteiger partial charge is 0.396 e. The lowest BCUT2D eigenvalue weighted by molar-refractivity contribution is -0.137. The number of benzene rings is 2. The summed E-state index contributed by atoms with van der Waals surface area (Å²) in [6, 6.07) is 10.2. The molecule has 3 nitrogen and oxygen atoms in total. The first-order chi connectivity index (χ1) is 13.2. The second kappa shape index (κ2) is 7.84. The molecule has 0 amide bonds. The van der Waals surface area contributed by atoms with E-state index in [1.165, 1.54) is 16.8 Å². The zero-order chi connectivity index (χ0) is 20.3. The molecule has 1 aromatic heterocycles. The fraction of sp³-hybridized carbons (Fsp3) is 0.150. The number of hydrogen-bond donors (Lipinski definition) is 1. The second-order valence-electron chi connectivity index (χ2n) is 6.21. The van der Waals surface area contributed by atoms with E-state index in [2.05, 4.69) is 4.99 Å². The molecule has 0 atom stereocenters. The van der Waals surface area contributed by atoms with E-state index in [1.54, 1.807) is 30.5 Å². The fourth-order valence-electron chi connectivity index (χ4n) is 2.71. The normalized spacial score (nSPS) is 12.4. The maximum atomic E-state index is 13.6. The number of alkyl halides is 3. The molecule has 1 heterocycles. The summed E-state index contributed by atoms with van der Waals surface area (Å²) >= 11 is 0. The quantitative estimate of drug-likeness (QED) is 0.651. The van der Waals surface area contributed by atoms with Crippen LogP contribution < -0.4 is 11.1 Å². The van der Waals surface area contributed by atoms with Crippen molar-refractivity contribution in [3.63, 3.8) is 0 Å². The van der Waals surface area contributed by atoms with Crippen molar-refractivity contribution in [2.45, 2.75) is 19.3 Å². The Morgan fingerprint density at radius 1 is 1.00 bits per heavy atom. The number of nitrogens with two attached hydrogens (primary N) is 1. The molecule has 0 bridgehead atoms. The highest BCUT2D eigenvalue weighted by Gasteiger charge is 2.31. The molecule has 8 heteroatoms. The van der Waals surface area contributed by atoms with Crippen molar-refractivity contribution < 1.29 is 22.0 Å². The number of aromatic nitrogens is 1. The van der Waals surface area contributed by atoms with Crippen LogP contribution in [0.15, 0.2) is 65.9 Å². The Hall–Kier alpha value is -3.16. The van der Waals surface area contributed by atoms with Gasteiger partial charge in [-0.15, -0.1) is 0 Å². The van der Waals surface area contributed by atoms with Crippen LogP contribution >= 0.6 is 0 Å². The Bertz CT molecular complexity index is 1050. The molecule has 3 rings (SSSR count). The molecule has 146 valence electrons. The van der Waals surface area contributed by atoms with Gasteiger partial charge in [0.15, 0.2) is 0 Å². The van der Waals surface area contributed by atoms with Gasteiger partial charge >= 0.3 is 6.18 Å². The van der Waals surface area contributed by atoms with E-state index >= 15 is 0 Å². The zero-order valence-corrected chi connectivity index (χ0v) is 14.5. The monoisotopic (exact) mass is 393 g/mol. The number of anilines is 1. The van der Waals surface area contributed by atoms with Crippen LogP contribution in [0.5, 0.6) is 0 Å². The molecule has 0 aliphatic carbocycles. The summed E-state index contributed by atoms with van der Waals surface area (Å²) in [7, 11) is 0. The Morgan fingerprint density at radius 3 is 2.43 bits per heavy atom. The summed E-state index contributed by atoms with van der Waals surface area (Å²) < 4.78 is 67.2. The first-order valence-electron chi connectivity index (χ1n) is 8.28. The number of nitrogen functional groups attached to an aromatic ring is 1. The van der Waals surface area contributed by atoms with E-state index in [1.807, 2.05) is 0 Å². The highest BCUT2D eigenvalue weighted by molar-refractivity contribution is 5.34. The molecular formula is C20H16F5N3. The number of hydrogen-bond acceptors (Lipinski definition) is 2. The summed E-state index contributed by atoms with van der Waals surface area (Å²) in [6.07, 6.45) is -1.58. The van der Waals surface area contributed by atoms with E-state index in [9.17, 15) is 22.0 Å². The van der Waals surface area contributed by atoms with Crippen LogP contribution in [0.2, 0.25) is 0 Å². The Morgan fingerprint density at radius 2 is 1.75 bits per heavy atom. The van der Waals surface area contributed by atoms with Gasteiger partial charge in [-0.05, 0) is 35.9 Å². The van der Waals surface area contributed by atoms with E-state index in [-0.39, 0.29) is 30.2 Å². The number of rotatable bonds is 4. The summed E-state index contributed by atoms with van der Waals surface area (Å²) in [4.78, 5) is 4.26. The lowest BCUT2D eigenvalue weighted by Crippen LogP contribution is -2.14. The summed E-state index contributed by atoms with van der Waals surface area (Å²) in [5, 5.41) is 0.426. The van der Waals surface area contributed by atoms with Crippen LogP contribution in [0.3, 0.4) is 0 Å². The maximum Gasteiger partial charge on any atom is 0.416 e. The third-order valence-electron chi connectivity index (χ3n) is 4.05. The van der Waals surface area contributed by atoms with Crippen molar-refractivity contribution in [2.24, 2.45) is 4.99 Å². The summed E-state index contributed by atoms with van der Waals surface area (Å²) in [6.45, 7) is 0.0956. The van der Waals surface area contributed by atoms with Crippen LogP contribution in [0.25, 0.3) is 0 Å². The van der Waals surface area contributed by atoms with Crippen molar-refractivity contribution in [3.8, 4) is 0 Å². The molecule has 0 aliphatic rings. The molecule has 2 N–H and O–H groups in total. The second-order valence-corrected chi connectivity index (χ2v) is 6.21. The largest absolute Gasteiger partial charge is 0.416 e. The van der Waals surface area contributed by atoms with Gasteiger partial charge in [0.25, 0.3) is 0 Å². The fourth-order valence-corrected chi connectivity index (χ4v) is 2.71. The van der Waals surface area contributed by atoms with Gasteiger partial charge in [0.2, 0.25) is 0 Å². The molecular weight excluding hydrogens is 377 g/mol. The first kappa shape index (κ1) is 19.6. The van der Waals surface area contributed by atoms with Gasteiger partial charge in [-0.2, -0.15) is 13.2 Å². The lowest BCUT2D eigenvalue weighted by Gasteiger charge is -2.12. The van der Waals surface area contributed by atoms with Crippen LogP contribution in [0.1, 0.15) is 16.7 Å². The summed E-state index contributed by atoms with van der Waals surface area (Å²) in [5.74, 6) is -1.34. The van der Waals surface area contributed by atoms with Gasteiger partial charge in [-0.1, -0.05) is 18.2 Å². The van der Waals surface area contributed by atoms with Crippen LogP contribution in [0.4, 0.5) is 27.6 Å². The van der Waals surface area contributed by atoms with E-state index in [0.29, 0.717) is 17.0 Å². The summed E-state index contributed by atoms with van der Waals surface area (Å²) in [5.41, 5.74) is 5.73. The van der Waals surface area contributed by atoms with Crippen molar-refractivity contribution in [1.82, 2.24) is 4.57 Å². The molecule has 0 saturated carbocycles. The highest BCUT2D eigenvalue weighted by atomic mass is 19.4. The van der Waals surface area contributed by atoms with Crippen LogP contribution in [0, 0.1) is 11.6 Å². The SMILES string of the molecule is Nc1cn(Cc2cc(F)cc(C(F)(F)F)c2)ccc1=NCc1ccccc1F. The molecule has 3 aromatic rings. The molecule has 0 fully saturated rings. The third kappa shape index (κ3) is 4.76. The topological polar surface area (TPSA) is 43.3 Å². The maximum absolute atomic E-state index is 13.6. The van der Waals surface area contributed by atoms with Crippen molar-refractivity contribution in [2.75, 3.05) is 5.73 Å². The highest BCUT2D eigenvalue weighted by Crippen LogP contribution is 2.30. The Labute approximate surface area is 157 Å². The van der Waals surface area contributed by atoms with Crippen molar-refractivity contribution in [3.05, 3.63) is 94.6 Å². The molecule has 0 saturated heterocycles. The van der Waals surface area contributed by atoms with Gasteiger partial charge in [-0.3, -0.25) is 4.99 Å². The van der Waals surface area contributed by atoms with E-state index in [4.69, 9.17) is 5.73 Å². The molecule has 0 unspecified atom stereocenters. The van der Waals surface area contributed by atoms with Crippen LogP contribution in [-0.4, -0.2) is 4.57 Å². The van der Waals surface area contributed by atoms with Gasteiger partial charge < -0.3 is 10.3 Å². The third-order valence-corrected chi connectivity index (χ3v) is 4.05. The molecule has 2 aromatic carbocycles. The lowest BCUT2D eigenvalue weighted by atomic mass is 10.1. The van der Waals surface area contributed by atoms with Crippen molar-refractivity contribution in [1.29, 1.82) is 0 Å². The van der Waals surface area contributed by atoms with Crippen molar-refractivity contribution >= 4 is 5.69 Å². The molecule has 28 heavy (non-hydrogen) atoms. The van der Waals surface area contributed by atoms with Crippen LogP contribution in [-0.2, 0) is 19.3 Å². The Kier molecular flexibility index (Phi) is 5.48. The van der Waals surface area contributed by atoms with Gasteiger partial charge in [0, 0.05) is 24.5 Å². The molecule has 0 spiro atoms. The zero-order valence-electron chi connectivity index (χ0n) is 14.5. The number of pyridine rings is 1. The average molecular weight is 393 g/mol. The van der Waals surface area contributed by atoms with E-state index < -0.39 is 17.6 Å². The van der Waals surface area contributed by atoms with E-state index in [0.717, 1.165) is 12.1 Å². The minimum Gasteiger partial charge on any atom is -0.396 e. The standard InChI is InChI=1S/C20H16F5N3/c21-16-8-13(7-15(9-16)20(23,24)25)11-28-6-5-19(18(26)12-28)27-10-14-3-1-2-4-17(14)22/h1-9,12H,10-11,26H2. The van der Waals surface area contributed by atoms with Gasteiger partial charge in [-0.25, -0.2) is 8.78 Å². The Balaban J connectivity index is 1.82. The van der Waals surface area contributed by atoms with Gasteiger partial charge in [0.05, 0.1) is 23.2 Å². The molecule has 0 aliphatic heterocycles. The predicted octanol–water partition coefficient (Wildman–Crippen LogP) is 4.52. The number of nitrogens with zero attached hydrogens (tertiary/aromatic N) is 2.